The number of thioether (sulfide) groups is 1. The number of rotatable bonds is 9. The standard InChI is InChI=1S/C11H18N4O3S2.Na/c1-14(2)6-11-13-9(8-20-11)7-19-4-3-12-10(16)5-15(17)18;/h5,8,12,16H,3-4,6-7H2,1-2H3;/q;+1/p-1. The number of thiazole rings is 1. The van der Waals surface area contributed by atoms with Crippen LogP contribution in [-0.2, 0) is 12.3 Å². The molecule has 10 heteroatoms. The molecule has 21 heavy (non-hydrogen) atoms. The fraction of sp³-hybridized carbons (Fsp3) is 0.545. The third-order valence-electron chi connectivity index (χ3n) is 2.07. The molecular weight excluding hydrogens is 323 g/mol. The number of nitro groups is 1. The van der Waals surface area contributed by atoms with Crippen LogP contribution in [-0.4, -0.2) is 41.2 Å². The minimum atomic E-state index is -0.760. The molecule has 0 aliphatic carbocycles. The van der Waals surface area contributed by atoms with Crippen molar-refractivity contribution in [2.24, 2.45) is 0 Å². The van der Waals surface area contributed by atoms with Gasteiger partial charge in [0.15, 0.2) is 0 Å². The van der Waals surface area contributed by atoms with Gasteiger partial charge in [-0.2, -0.15) is 11.8 Å². The third-order valence-corrected chi connectivity index (χ3v) is 3.94. The van der Waals surface area contributed by atoms with E-state index in [2.05, 4.69) is 15.2 Å². The fourth-order valence-electron chi connectivity index (χ4n) is 1.32. The van der Waals surface area contributed by atoms with Crippen molar-refractivity contribution in [2.45, 2.75) is 12.3 Å². The summed E-state index contributed by atoms with van der Waals surface area (Å²) in [7, 11) is 4.00. The average molecular weight is 340 g/mol. The van der Waals surface area contributed by atoms with E-state index in [1.54, 1.807) is 23.1 Å². The third kappa shape index (κ3) is 10.1. The Kier molecular flexibility index (Phi) is 11.1. The summed E-state index contributed by atoms with van der Waals surface area (Å²) >= 11 is 3.27. The van der Waals surface area contributed by atoms with Crippen molar-refractivity contribution in [3.8, 4) is 0 Å². The molecule has 0 radical (unpaired) electrons. The zero-order valence-electron chi connectivity index (χ0n) is 12.4. The second kappa shape index (κ2) is 11.3. The van der Waals surface area contributed by atoms with Gasteiger partial charge >= 0.3 is 29.6 Å². The summed E-state index contributed by atoms with van der Waals surface area (Å²) in [6.45, 7) is 1.24. The predicted molar refractivity (Wildman–Crippen MR) is 78.7 cm³/mol. The van der Waals surface area contributed by atoms with E-state index in [9.17, 15) is 15.2 Å². The Morgan fingerprint density at radius 1 is 1.62 bits per heavy atom. The summed E-state index contributed by atoms with van der Waals surface area (Å²) in [6, 6.07) is 0. The first-order chi connectivity index (χ1) is 9.47. The zero-order valence-corrected chi connectivity index (χ0v) is 16.0. The molecule has 0 fully saturated rings. The molecule has 0 spiro atoms. The van der Waals surface area contributed by atoms with Gasteiger partial charge in [0, 0.05) is 35.9 Å². The molecule has 1 N–H and O–H groups in total. The Balaban J connectivity index is 0.00000400. The van der Waals surface area contributed by atoms with Crippen molar-refractivity contribution in [1.29, 1.82) is 0 Å². The van der Waals surface area contributed by atoms with Gasteiger partial charge in [-0.05, 0) is 14.1 Å². The number of nitrogens with one attached hydrogen (secondary N) is 1. The summed E-state index contributed by atoms with van der Waals surface area (Å²) in [5, 5.41) is 26.6. The van der Waals surface area contributed by atoms with Gasteiger partial charge in [-0.25, -0.2) is 4.98 Å². The summed E-state index contributed by atoms with van der Waals surface area (Å²) in [5.41, 5.74) is 1.03. The van der Waals surface area contributed by atoms with Crippen LogP contribution in [0.2, 0.25) is 0 Å². The molecule has 0 unspecified atom stereocenters. The van der Waals surface area contributed by atoms with E-state index in [0.29, 0.717) is 18.5 Å². The first-order valence-corrected chi connectivity index (χ1v) is 7.92. The summed E-state index contributed by atoms with van der Waals surface area (Å²) in [6.07, 6.45) is 0.429. The normalized spacial score (nSPS) is 11.3. The molecule has 1 rings (SSSR count). The molecule has 7 nitrogen and oxygen atoms in total. The maximum atomic E-state index is 11.0. The summed E-state index contributed by atoms with van der Waals surface area (Å²) in [4.78, 5) is 15.8. The smallest absolute Gasteiger partial charge is 0.856 e. The van der Waals surface area contributed by atoms with Gasteiger partial charge in [-0.3, -0.25) is 10.1 Å². The maximum Gasteiger partial charge on any atom is 1.00 e. The maximum absolute atomic E-state index is 11.0. The molecule has 0 bridgehead atoms. The monoisotopic (exact) mass is 340 g/mol. The van der Waals surface area contributed by atoms with E-state index in [-0.39, 0.29) is 29.6 Å². The van der Waals surface area contributed by atoms with Crippen molar-refractivity contribution in [3.05, 3.63) is 38.3 Å². The summed E-state index contributed by atoms with van der Waals surface area (Å²) < 4.78 is 0. The molecule has 0 aliphatic rings. The van der Waals surface area contributed by atoms with Crippen molar-refractivity contribution in [3.63, 3.8) is 0 Å². The van der Waals surface area contributed by atoms with Crippen LogP contribution < -0.4 is 40.0 Å². The molecule has 1 heterocycles. The van der Waals surface area contributed by atoms with Crippen LogP contribution in [0.4, 0.5) is 0 Å². The quantitative estimate of drug-likeness (QED) is 0.174. The second-order valence-corrected chi connectivity index (χ2v) is 6.28. The number of aromatic nitrogens is 1. The van der Waals surface area contributed by atoms with Crippen LogP contribution in [0.25, 0.3) is 0 Å². The van der Waals surface area contributed by atoms with E-state index in [4.69, 9.17) is 0 Å². The molecule has 0 saturated carbocycles. The SMILES string of the molecule is CN(C)Cc1nc(CSCCNC([O-])=C[N+](=O)[O-])cs1.[Na+]. The average Bonchev–Trinajstić information content (AvgIpc) is 2.74. The van der Waals surface area contributed by atoms with Gasteiger partial charge in [-0.15, -0.1) is 11.3 Å². The van der Waals surface area contributed by atoms with Gasteiger partial charge < -0.3 is 15.3 Å². The second-order valence-electron chi connectivity index (χ2n) is 4.23. The number of hydrogen-bond acceptors (Lipinski definition) is 8. The fourth-order valence-corrected chi connectivity index (χ4v) is 3.09. The van der Waals surface area contributed by atoms with Crippen molar-refractivity contribution in [2.75, 3.05) is 26.4 Å². The van der Waals surface area contributed by atoms with Gasteiger partial charge in [-0.1, -0.05) is 0 Å². The molecule has 112 valence electrons. The van der Waals surface area contributed by atoms with Gasteiger partial charge in [0.1, 0.15) is 5.01 Å². The zero-order chi connectivity index (χ0) is 15.0. The Bertz CT molecular complexity index is 468. The van der Waals surface area contributed by atoms with Crippen LogP contribution in [0.15, 0.2) is 17.5 Å². The van der Waals surface area contributed by atoms with Crippen LogP contribution in [0, 0.1) is 10.1 Å². The van der Waals surface area contributed by atoms with Crippen molar-refractivity contribution < 1.29 is 39.6 Å². The van der Waals surface area contributed by atoms with Gasteiger partial charge in [0.2, 0.25) is 6.20 Å². The molecule has 0 amide bonds. The molecular formula is C11H17N4NaO3S2. The largest absolute Gasteiger partial charge is 1.00 e. The Hall–Kier alpha value is -0.320. The topological polar surface area (TPSA) is 94.4 Å². The predicted octanol–water partition coefficient (Wildman–Crippen LogP) is -2.53. The molecule has 1 aromatic rings. The van der Waals surface area contributed by atoms with E-state index in [0.717, 1.165) is 23.0 Å². The first kappa shape index (κ1) is 20.7. The molecule has 0 atom stereocenters. The van der Waals surface area contributed by atoms with Crippen molar-refractivity contribution >= 4 is 23.1 Å². The Labute approximate surface area is 154 Å². The number of nitrogens with zero attached hydrogens (tertiary/aromatic N) is 3. The Morgan fingerprint density at radius 2 is 2.33 bits per heavy atom. The van der Waals surface area contributed by atoms with E-state index < -0.39 is 10.8 Å². The molecule has 0 saturated heterocycles. The van der Waals surface area contributed by atoms with E-state index in [1.807, 2.05) is 19.5 Å². The van der Waals surface area contributed by atoms with E-state index >= 15 is 0 Å². The van der Waals surface area contributed by atoms with Crippen LogP contribution >= 0.6 is 23.1 Å². The molecule has 0 aliphatic heterocycles. The van der Waals surface area contributed by atoms with Gasteiger partial charge in [0.05, 0.1) is 10.6 Å². The summed E-state index contributed by atoms with van der Waals surface area (Å²) in [5.74, 6) is 0.800. The van der Waals surface area contributed by atoms with Crippen LogP contribution in [0.5, 0.6) is 0 Å². The van der Waals surface area contributed by atoms with E-state index in [1.165, 1.54) is 0 Å². The minimum Gasteiger partial charge on any atom is -0.856 e. The van der Waals surface area contributed by atoms with Crippen LogP contribution in [0.3, 0.4) is 0 Å². The van der Waals surface area contributed by atoms with Crippen molar-refractivity contribution in [1.82, 2.24) is 15.2 Å². The number of hydrogen-bond donors (Lipinski definition) is 1. The van der Waals surface area contributed by atoms with Gasteiger partial charge in [0.25, 0.3) is 0 Å². The minimum absolute atomic E-state index is 0. The molecule has 0 aromatic carbocycles. The molecule has 1 aromatic heterocycles. The first-order valence-electron chi connectivity index (χ1n) is 5.89. The Morgan fingerprint density at radius 3 is 2.95 bits per heavy atom. The van der Waals surface area contributed by atoms with Crippen LogP contribution in [0.1, 0.15) is 10.7 Å².